The Morgan fingerprint density at radius 1 is 0.609 bits per heavy atom. The van der Waals surface area contributed by atoms with E-state index in [0.717, 1.165) is 48.5 Å². The lowest BCUT2D eigenvalue weighted by molar-refractivity contribution is -0.138. The largest absolute Gasteiger partial charge is 0.416 e. The summed E-state index contributed by atoms with van der Waals surface area (Å²) in [6.45, 7) is 0. The molecule has 0 radical (unpaired) electrons. The van der Waals surface area contributed by atoms with Crippen molar-refractivity contribution in [3.63, 3.8) is 0 Å². The molecule has 6 nitrogen and oxygen atoms in total. The predicted molar refractivity (Wildman–Crippen MR) is 150 cm³/mol. The molecule has 0 bridgehead atoms. The molecule has 1 atom stereocenters. The smallest absolute Gasteiger partial charge is 0.197 e. The van der Waals surface area contributed by atoms with Crippen LogP contribution in [0.2, 0.25) is 0 Å². The maximum absolute atomic E-state index is 13.3. The van der Waals surface area contributed by atoms with Gasteiger partial charge in [-0.05, 0) is 69.8 Å². The second-order valence-electron chi connectivity index (χ2n) is 10.1. The number of nitriles is 6. The van der Waals surface area contributed by atoms with Crippen molar-refractivity contribution in [2.24, 2.45) is 5.92 Å². The van der Waals surface area contributed by atoms with Crippen LogP contribution in [0.5, 0.6) is 0 Å². The molecule has 5 rings (SSSR count). The maximum atomic E-state index is 13.3. The number of hydrogen-bond acceptors (Lipinski definition) is 6. The normalized spacial score (nSPS) is 15.2. The molecule has 2 aliphatic rings. The van der Waals surface area contributed by atoms with E-state index in [1.807, 2.05) is 24.3 Å². The van der Waals surface area contributed by atoms with Crippen LogP contribution in [-0.2, 0) is 12.4 Å². The summed E-state index contributed by atoms with van der Waals surface area (Å²) < 4.78 is 79.7. The van der Waals surface area contributed by atoms with Crippen molar-refractivity contribution in [3.05, 3.63) is 111 Å². The second kappa shape index (κ2) is 11.2. The van der Waals surface area contributed by atoms with E-state index < -0.39 is 40.9 Å². The molecule has 46 heavy (non-hydrogen) atoms. The van der Waals surface area contributed by atoms with E-state index in [1.54, 1.807) is 12.1 Å². The summed E-state index contributed by atoms with van der Waals surface area (Å²) in [5.41, 5.74) is -1.78. The fraction of sp³-hybridized carbons (Fsp3) is 0.118. The van der Waals surface area contributed by atoms with Crippen LogP contribution in [0, 0.1) is 73.9 Å². The molecule has 0 amide bonds. The molecule has 3 aromatic carbocycles. The van der Waals surface area contributed by atoms with Crippen molar-refractivity contribution in [3.8, 4) is 36.4 Å². The van der Waals surface area contributed by atoms with Crippen molar-refractivity contribution in [1.82, 2.24) is 0 Å². The van der Waals surface area contributed by atoms with E-state index in [9.17, 15) is 57.9 Å². The topological polar surface area (TPSA) is 143 Å². The monoisotopic (exact) mass is 618 g/mol. The zero-order valence-electron chi connectivity index (χ0n) is 22.9. The first kappa shape index (κ1) is 30.8. The standard InChI is InChI=1S/C34H12F6N6/c35-33(36,37)21-5-1-17(2-6-21)29-27(15-45)23-9-24-26(10-25(23)31(29)19(11-41)12-42)32(20(13-43)14-44)30(28(24)16-46)18-3-7-22(8-4-18)34(38,39)40/h1-10,19,31H. The molecule has 0 heterocycles. The fourth-order valence-electron chi connectivity index (χ4n) is 5.79. The fourth-order valence-corrected chi connectivity index (χ4v) is 5.79. The zero-order valence-corrected chi connectivity index (χ0v) is 22.9. The van der Waals surface area contributed by atoms with Gasteiger partial charge in [0.2, 0.25) is 0 Å². The molecule has 0 spiro atoms. The van der Waals surface area contributed by atoms with Crippen LogP contribution in [0.4, 0.5) is 26.3 Å². The molecule has 2 aliphatic carbocycles. The number of benzene rings is 3. The first-order valence-electron chi connectivity index (χ1n) is 13.0. The van der Waals surface area contributed by atoms with Gasteiger partial charge in [0.05, 0.1) is 34.4 Å². The van der Waals surface area contributed by atoms with Crippen molar-refractivity contribution in [1.29, 1.82) is 31.6 Å². The average molecular weight is 619 g/mol. The van der Waals surface area contributed by atoms with E-state index in [-0.39, 0.29) is 61.2 Å². The van der Waals surface area contributed by atoms with Gasteiger partial charge >= 0.3 is 12.4 Å². The summed E-state index contributed by atoms with van der Waals surface area (Å²) in [5, 5.41) is 60.0. The Labute approximate surface area is 257 Å². The van der Waals surface area contributed by atoms with Crippen molar-refractivity contribution in [2.45, 2.75) is 18.3 Å². The molecule has 220 valence electrons. The van der Waals surface area contributed by atoms with Crippen molar-refractivity contribution < 1.29 is 26.3 Å². The first-order chi connectivity index (χ1) is 21.8. The van der Waals surface area contributed by atoms with Crippen LogP contribution in [0.15, 0.2) is 66.2 Å². The highest BCUT2D eigenvalue weighted by Gasteiger charge is 2.42. The van der Waals surface area contributed by atoms with Gasteiger partial charge in [-0.2, -0.15) is 57.9 Å². The lowest BCUT2D eigenvalue weighted by Gasteiger charge is -2.19. The van der Waals surface area contributed by atoms with E-state index >= 15 is 0 Å². The molecule has 0 fully saturated rings. The van der Waals surface area contributed by atoms with Gasteiger partial charge in [0, 0.05) is 22.6 Å². The van der Waals surface area contributed by atoms with Gasteiger partial charge in [0.15, 0.2) is 0 Å². The highest BCUT2D eigenvalue weighted by atomic mass is 19.4. The SMILES string of the molecule is N#CC(C#N)=C1C(c2ccc(C(F)(F)F)cc2)=C(C#N)c2cc3c(cc21)C(C(C#N)C#N)C(c1ccc(C(F)(F)F)cc1)=C3C#N. The Hall–Kier alpha value is -6.60. The quantitative estimate of drug-likeness (QED) is 0.214. The lowest BCUT2D eigenvalue weighted by atomic mass is 9.80. The van der Waals surface area contributed by atoms with Gasteiger partial charge in [0.25, 0.3) is 0 Å². The van der Waals surface area contributed by atoms with Crippen LogP contribution in [0.25, 0.3) is 27.9 Å². The van der Waals surface area contributed by atoms with Crippen LogP contribution < -0.4 is 0 Å². The highest BCUT2D eigenvalue weighted by Crippen LogP contribution is 2.55. The van der Waals surface area contributed by atoms with Gasteiger partial charge in [-0.1, -0.05) is 24.3 Å². The minimum Gasteiger partial charge on any atom is -0.197 e. The minimum atomic E-state index is -4.66. The third-order valence-corrected chi connectivity index (χ3v) is 7.75. The number of halogens is 6. The molecule has 0 N–H and O–H groups in total. The summed E-state index contributed by atoms with van der Waals surface area (Å²) in [6.07, 6.45) is -9.32. The molecular formula is C34H12F6N6. The molecule has 3 aromatic rings. The number of rotatable bonds is 3. The van der Waals surface area contributed by atoms with E-state index in [1.165, 1.54) is 12.1 Å². The molecule has 12 heteroatoms. The maximum Gasteiger partial charge on any atom is 0.416 e. The molecule has 0 saturated carbocycles. The number of fused-ring (bicyclic) bond motifs is 2. The Bertz CT molecular complexity index is 2150. The zero-order chi connectivity index (χ0) is 33.6. The molecule has 0 saturated heterocycles. The number of allylic oxidation sites excluding steroid dienone is 6. The van der Waals surface area contributed by atoms with Gasteiger partial charge in [-0.15, -0.1) is 0 Å². The number of nitrogens with zero attached hydrogens (tertiary/aromatic N) is 6. The van der Waals surface area contributed by atoms with Crippen molar-refractivity contribution in [2.75, 3.05) is 0 Å². The van der Waals surface area contributed by atoms with E-state index in [0.29, 0.717) is 0 Å². The van der Waals surface area contributed by atoms with E-state index in [2.05, 4.69) is 0 Å². The minimum absolute atomic E-state index is 0.00730. The molecule has 0 aromatic heterocycles. The first-order valence-corrected chi connectivity index (χ1v) is 13.0. The van der Waals surface area contributed by atoms with E-state index in [4.69, 9.17) is 0 Å². The summed E-state index contributed by atoms with van der Waals surface area (Å²) >= 11 is 0. The number of alkyl halides is 6. The summed E-state index contributed by atoms with van der Waals surface area (Å²) in [5.74, 6) is -2.62. The average Bonchev–Trinajstić information content (AvgIpc) is 3.52. The Morgan fingerprint density at radius 3 is 1.54 bits per heavy atom. The van der Waals surface area contributed by atoms with Gasteiger partial charge in [0.1, 0.15) is 35.8 Å². The Kier molecular flexibility index (Phi) is 7.48. The highest BCUT2D eigenvalue weighted by molar-refractivity contribution is 6.26. The lowest BCUT2D eigenvalue weighted by Crippen LogP contribution is -2.11. The third-order valence-electron chi connectivity index (χ3n) is 7.75. The van der Waals surface area contributed by atoms with Crippen LogP contribution in [0.3, 0.4) is 0 Å². The predicted octanol–water partition coefficient (Wildman–Crippen LogP) is 8.17. The Morgan fingerprint density at radius 2 is 1.11 bits per heavy atom. The van der Waals surface area contributed by atoms with Crippen molar-refractivity contribution >= 4 is 27.9 Å². The second-order valence-corrected chi connectivity index (χ2v) is 10.1. The molecule has 0 aliphatic heterocycles. The van der Waals surface area contributed by atoms with Crippen LogP contribution in [-0.4, -0.2) is 0 Å². The third kappa shape index (κ3) is 4.82. The summed E-state index contributed by atoms with van der Waals surface area (Å²) in [4.78, 5) is 0. The molecule has 1 unspecified atom stereocenters. The Balaban J connectivity index is 1.83. The number of hydrogen-bond donors (Lipinski definition) is 0. The van der Waals surface area contributed by atoms with Gasteiger partial charge in [-0.25, -0.2) is 0 Å². The molecular weight excluding hydrogens is 606 g/mol. The summed E-state index contributed by atoms with van der Waals surface area (Å²) in [6, 6.07) is 21.6. The summed E-state index contributed by atoms with van der Waals surface area (Å²) in [7, 11) is 0. The van der Waals surface area contributed by atoms with Crippen LogP contribution in [0.1, 0.15) is 50.4 Å². The van der Waals surface area contributed by atoms with Gasteiger partial charge < -0.3 is 0 Å². The van der Waals surface area contributed by atoms with Crippen LogP contribution >= 0.6 is 0 Å². The van der Waals surface area contributed by atoms with Gasteiger partial charge in [-0.3, -0.25) is 0 Å².